The monoisotopic (exact) mass is 568 g/mol. The number of hydrogen-bond donors (Lipinski definition) is 0. The van der Waals surface area contributed by atoms with E-state index in [1.807, 2.05) is 0 Å². The second-order valence-electron chi connectivity index (χ2n) is 12.9. The van der Waals surface area contributed by atoms with E-state index >= 15 is 0 Å². The molecule has 0 fully saturated rings. The van der Waals surface area contributed by atoms with Crippen molar-refractivity contribution >= 4 is 51.1 Å². The molecular weight excluding hydrogens is 533 g/mol. The van der Waals surface area contributed by atoms with E-state index in [-0.39, 0.29) is 0 Å². The molecule has 0 heterocycles. The minimum atomic E-state index is -2.05. The molecule has 0 amide bonds. The van der Waals surface area contributed by atoms with Gasteiger partial charge in [-0.15, -0.1) is 0 Å². The van der Waals surface area contributed by atoms with Gasteiger partial charge in [0.2, 0.25) is 0 Å². The topological polar surface area (TPSA) is 0 Å². The Hall–Kier alpha value is -4.46. The number of benzene rings is 6. The second kappa shape index (κ2) is 9.79. The second-order valence-corrected chi connectivity index (χ2v) is 17.2. The Morgan fingerprint density at radius 3 is 1.33 bits per heavy atom. The lowest BCUT2D eigenvalue weighted by Gasteiger charge is -2.31. The third-order valence-corrected chi connectivity index (χ3v) is 13.8. The van der Waals surface area contributed by atoms with Crippen LogP contribution in [0.25, 0.3) is 54.9 Å². The summed E-state index contributed by atoms with van der Waals surface area (Å²) in [6, 6.07) is 40.9. The Kier molecular flexibility index (Phi) is 5.96. The molecule has 0 saturated carbocycles. The third-order valence-electron chi connectivity index (χ3n) is 10.1. The molecule has 0 aromatic heterocycles. The average molecular weight is 569 g/mol. The summed E-state index contributed by atoms with van der Waals surface area (Å²) in [6.45, 7) is 9.77. The van der Waals surface area contributed by atoms with E-state index in [0.717, 1.165) is 12.8 Å². The highest BCUT2D eigenvalue weighted by Gasteiger charge is 2.35. The van der Waals surface area contributed by atoms with E-state index < -0.39 is 8.07 Å². The zero-order valence-corrected chi connectivity index (χ0v) is 26.5. The fraction of sp³-hybridized carbons (Fsp3) is 0.143. The van der Waals surface area contributed by atoms with Crippen LogP contribution in [0, 0.1) is 0 Å². The molecule has 0 radical (unpaired) electrons. The third kappa shape index (κ3) is 3.95. The molecule has 0 saturated heterocycles. The first-order valence-corrected chi connectivity index (χ1v) is 18.6. The van der Waals surface area contributed by atoms with Gasteiger partial charge in [-0.2, -0.15) is 0 Å². The Bertz CT molecular complexity index is 2010. The van der Waals surface area contributed by atoms with E-state index in [4.69, 9.17) is 0 Å². The number of rotatable bonds is 4. The summed E-state index contributed by atoms with van der Waals surface area (Å²) >= 11 is 0. The predicted octanol–water partition coefficient (Wildman–Crippen LogP) is 10.1. The van der Waals surface area contributed by atoms with Gasteiger partial charge in [0, 0.05) is 0 Å². The first-order chi connectivity index (χ1) is 20.9. The molecule has 0 atom stereocenters. The molecule has 1 heteroatoms. The molecule has 208 valence electrons. The largest absolute Gasteiger partial charge is 0.113 e. The first kappa shape index (κ1) is 26.2. The number of fused-ring (bicyclic) bond motifs is 4. The van der Waals surface area contributed by atoms with Gasteiger partial charge in [0.15, 0.2) is 0 Å². The molecule has 8 rings (SSSR count). The molecule has 2 aliphatic rings. The van der Waals surface area contributed by atoms with Crippen molar-refractivity contribution < 1.29 is 0 Å². The maximum atomic E-state index is 2.58. The summed E-state index contributed by atoms with van der Waals surface area (Å²) < 4.78 is 0. The van der Waals surface area contributed by atoms with E-state index in [1.165, 1.54) is 66.1 Å². The van der Waals surface area contributed by atoms with Gasteiger partial charge < -0.3 is 0 Å². The van der Waals surface area contributed by atoms with Crippen molar-refractivity contribution in [3.8, 4) is 22.3 Å². The van der Waals surface area contributed by atoms with Crippen LogP contribution in [-0.2, 0) is 12.8 Å². The SMILES string of the molecule is CC1=CCc2c([Si](C)(C)c3ccc(-c4cccc5ccccc45)c4c3CC=C4C)ccc(-c3cccc4ccccc34)c21. The van der Waals surface area contributed by atoms with Gasteiger partial charge in [-0.1, -0.05) is 145 Å². The fourth-order valence-electron chi connectivity index (χ4n) is 8.02. The zero-order valence-electron chi connectivity index (χ0n) is 25.5. The van der Waals surface area contributed by atoms with Crippen LogP contribution in [-0.4, -0.2) is 8.07 Å². The number of allylic oxidation sites excluding steroid dienone is 4. The van der Waals surface area contributed by atoms with Crippen LogP contribution in [0.3, 0.4) is 0 Å². The van der Waals surface area contributed by atoms with Crippen molar-refractivity contribution in [1.29, 1.82) is 0 Å². The summed E-state index contributed by atoms with van der Waals surface area (Å²) in [4.78, 5) is 0. The van der Waals surface area contributed by atoms with Crippen molar-refractivity contribution in [1.82, 2.24) is 0 Å². The van der Waals surface area contributed by atoms with E-state index in [0.29, 0.717) is 0 Å². The van der Waals surface area contributed by atoms with Gasteiger partial charge in [0.05, 0.1) is 0 Å². The van der Waals surface area contributed by atoms with Gasteiger partial charge >= 0.3 is 0 Å². The minimum Gasteiger partial charge on any atom is -0.0765 e. The average Bonchev–Trinajstić information content (AvgIpc) is 3.62. The molecule has 0 nitrogen and oxygen atoms in total. The molecule has 6 aromatic rings. The smallest absolute Gasteiger partial charge is 0.0765 e. The summed E-state index contributed by atoms with van der Waals surface area (Å²) in [5.74, 6) is 0. The van der Waals surface area contributed by atoms with Crippen LogP contribution in [0.4, 0.5) is 0 Å². The van der Waals surface area contributed by atoms with Gasteiger partial charge in [-0.3, -0.25) is 0 Å². The summed E-state index contributed by atoms with van der Waals surface area (Å²) in [5, 5.41) is 8.45. The van der Waals surface area contributed by atoms with Crippen LogP contribution >= 0.6 is 0 Å². The molecule has 0 bridgehead atoms. The highest BCUT2D eigenvalue weighted by molar-refractivity contribution is 7.01. The minimum absolute atomic E-state index is 1.03. The molecule has 0 unspecified atom stereocenters. The van der Waals surface area contributed by atoms with Gasteiger partial charge in [0.25, 0.3) is 0 Å². The Balaban J connectivity index is 1.30. The maximum absolute atomic E-state index is 2.58. The van der Waals surface area contributed by atoms with Gasteiger partial charge in [-0.25, -0.2) is 0 Å². The van der Waals surface area contributed by atoms with Crippen LogP contribution in [0.2, 0.25) is 13.1 Å². The van der Waals surface area contributed by atoms with Crippen molar-refractivity contribution in [2.45, 2.75) is 39.8 Å². The predicted molar refractivity (Wildman–Crippen MR) is 190 cm³/mol. The normalized spacial score (nSPS) is 14.1. The van der Waals surface area contributed by atoms with Crippen molar-refractivity contribution in [3.63, 3.8) is 0 Å². The summed E-state index contributed by atoms with van der Waals surface area (Å²) in [6.07, 6.45) is 6.96. The maximum Gasteiger partial charge on any atom is 0.113 e. The summed E-state index contributed by atoms with van der Waals surface area (Å²) in [5.41, 5.74) is 14.3. The Morgan fingerprint density at radius 2 is 0.860 bits per heavy atom. The van der Waals surface area contributed by atoms with Crippen LogP contribution in [0.5, 0.6) is 0 Å². The molecule has 43 heavy (non-hydrogen) atoms. The number of hydrogen-bond acceptors (Lipinski definition) is 0. The molecule has 2 aliphatic carbocycles. The molecule has 0 spiro atoms. The molecule has 0 N–H and O–H groups in total. The van der Waals surface area contributed by atoms with Crippen molar-refractivity contribution in [3.05, 3.63) is 144 Å². The van der Waals surface area contributed by atoms with E-state index in [1.54, 1.807) is 21.5 Å². The lowest BCUT2D eigenvalue weighted by Crippen LogP contribution is -2.55. The Labute approximate surface area is 256 Å². The lowest BCUT2D eigenvalue weighted by molar-refractivity contribution is 1.31. The molecule has 0 aliphatic heterocycles. The van der Waals surface area contributed by atoms with E-state index in [2.05, 4.69) is 148 Å². The van der Waals surface area contributed by atoms with Gasteiger partial charge in [0.1, 0.15) is 8.07 Å². The zero-order chi connectivity index (χ0) is 29.3. The van der Waals surface area contributed by atoms with Crippen LogP contribution < -0.4 is 10.4 Å². The Morgan fingerprint density at radius 1 is 0.442 bits per heavy atom. The quantitative estimate of drug-likeness (QED) is 0.186. The first-order valence-electron chi connectivity index (χ1n) is 15.6. The summed E-state index contributed by atoms with van der Waals surface area (Å²) in [7, 11) is -2.05. The lowest BCUT2D eigenvalue weighted by atomic mass is 9.91. The highest BCUT2D eigenvalue weighted by atomic mass is 28.3. The van der Waals surface area contributed by atoms with Crippen molar-refractivity contribution in [2.24, 2.45) is 0 Å². The highest BCUT2D eigenvalue weighted by Crippen LogP contribution is 2.41. The standard InChI is InChI=1S/C42H36Si/c1-27-19-21-37-39(25-23-35(41(27)37)33-17-9-13-29-11-5-7-15-31(29)33)43(3,4)40-26-24-36(42-28(2)20-22-38(40)42)34-18-10-14-30-12-6-8-16-32(30)34/h5-20,23-26H,21-22H2,1-4H3. The van der Waals surface area contributed by atoms with Gasteiger partial charge in [-0.05, 0) is 104 Å². The van der Waals surface area contributed by atoms with Crippen LogP contribution in [0.1, 0.15) is 36.1 Å². The fourth-order valence-corrected chi connectivity index (χ4v) is 11.3. The van der Waals surface area contributed by atoms with Crippen molar-refractivity contribution in [2.75, 3.05) is 0 Å². The molecule has 6 aromatic carbocycles. The molecular formula is C42H36Si. The van der Waals surface area contributed by atoms with E-state index in [9.17, 15) is 0 Å². The van der Waals surface area contributed by atoms with Crippen LogP contribution in [0.15, 0.2) is 121 Å².